The molecule has 6 nitrogen and oxygen atoms in total. The molecule has 0 saturated carbocycles. The molecule has 0 spiro atoms. The van der Waals surface area contributed by atoms with Crippen LogP contribution in [0.1, 0.15) is 24.5 Å². The molecule has 1 N–H and O–H groups in total. The lowest BCUT2D eigenvalue weighted by molar-refractivity contribution is 0.467. The van der Waals surface area contributed by atoms with E-state index < -0.39 is 0 Å². The van der Waals surface area contributed by atoms with E-state index in [2.05, 4.69) is 20.4 Å². The quantitative estimate of drug-likeness (QED) is 0.788. The van der Waals surface area contributed by atoms with Crippen LogP contribution < -0.4 is 5.32 Å². The summed E-state index contributed by atoms with van der Waals surface area (Å²) in [6.45, 7) is 3.98. The number of furan rings is 1. The Kier molecular flexibility index (Phi) is 3.20. The summed E-state index contributed by atoms with van der Waals surface area (Å²) in [5.41, 5.74) is 0.926. The molecule has 0 radical (unpaired) electrons. The molecule has 0 bridgehead atoms. The number of rotatable bonds is 4. The topological polar surface area (TPSA) is 68.8 Å². The van der Waals surface area contributed by atoms with Gasteiger partial charge in [-0.15, -0.1) is 0 Å². The van der Waals surface area contributed by atoms with Crippen LogP contribution >= 0.6 is 0 Å². The number of nitrogens with one attached hydrogen (secondary N) is 1. The second-order valence-electron chi connectivity index (χ2n) is 4.56. The molecule has 6 heteroatoms. The molecule has 1 atom stereocenters. The highest BCUT2D eigenvalue weighted by Crippen LogP contribution is 2.20. The minimum Gasteiger partial charge on any atom is -0.464 e. The van der Waals surface area contributed by atoms with Gasteiger partial charge in [-0.25, -0.2) is 14.6 Å². The second kappa shape index (κ2) is 5.16. The maximum atomic E-state index is 5.59. The van der Waals surface area contributed by atoms with Gasteiger partial charge in [-0.3, -0.25) is 0 Å². The summed E-state index contributed by atoms with van der Waals surface area (Å²) in [7, 11) is 0. The lowest BCUT2D eigenvalue weighted by Crippen LogP contribution is -2.06. The smallest absolute Gasteiger partial charge is 0.155 e. The molecule has 0 amide bonds. The van der Waals surface area contributed by atoms with Crippen molar-refractivity contribution in [1.82, 2.24) is 19.7 Å². The zero-order valence-corrected chi connectivity index (χ0v) is 11.3. The van der Waals surface area contributed by atoms with Gasteiger partial charge in [0.15, 0.2) is 5.82 Å². The molecular formula is C14H15N5O. The molecular weight excluding hydrogens is 254 g/mol. The number of nitrogens with zero attached hydrogens (tertiary/aromatic N) is 4. The minimum atomic E-state index is 0.0859. The Hall–Kier alpha value is -2.63. The summed E-state index contributed by atoms with van der Waals surface area (Å²) >= 11 is 0. The molecule has 3 heterocycles. The molecule has 20 heavy (non-hydrogen) atoms. The van der Waals surface area contributed by atoms with Crippen molar-refractivity contribution < 1.29 is 4.42 Å². The Bertz CT molecular complexity index is 672. The predicted octanol–water partition coefficient (Wildman–Crippen LogP) is 2.74. The Morgan fingerprint density at radius 3 is 2.75 bits per heavy atom. The molecule has 0 aliphatic carbocycles. The third-order valence-corrected chi connectivity index (χ3v) is 2.97. The molecule has 3 rings (SSSR count). The Labute approximate surface area is 116 Å². The average Bonchev–Trinajstić information content (AvgIpc) is 3.10. The fraction of sp³-hybridized carbons (Fsp3) is 0.214. The van der Waals surface area contributed by atoms with Gasteiger partial charge in [0.1, 0.15) is 24.2 Å². The highest BCUT2D eigenvalue weighted by Gasteiger charge is 2.09. The van der Waals surface area contributed by atoms with Crippen molar-refractivity contribution in [2.45, 2.75) is 19.9 Å². The number of pyridine rings is 1. The molecule has 3 aromatic rings. The molecule has 1 unspecified atom stereocenters. The minimum absolute atomic E-state index is 0.0859. The highest BCUT2D eigenvalue weighted by atomic mass is 16.3. The first kappa shape index (κ1) is 12.4. The first-order valence-corrected chi connectivity index (χ1v) is 6.36. The first-order chi connectivity index (χ1) is 9.72. The van der Waals surface area contributed by atoms with Gasteiger partial charge in [-0.05, 0) is 38.1 Å². The van der Waals surface area contributed by atoms with Crippen molar-refractivity contribution in [3.63, 3.8) is 0 Å². The van der Waals surface area contributed by atoms with Gasteiger partial charge in [-0.2, -0.15) is 5.10 Å². The van der Waals surface area contributed by atoms with Crippen molar-refractivity contribution in [1.29, 1.82) is 0 Å². The third-order valence-electron chi connectivity index (χ3n) is 2.97. The fourth-order valence-electron chi connectivity index (χ4n) is 1.94. The zero-order valence-electron chi connectivity index (χ0n) is 11.3. The van der Waals surface area contributed by atoms with Gasteiger partial charge >= 0.3 is 0 Å². The van der Waals surface area contributed by atoms with E-state index in [1.165, 1.54) is 6.33 Å². The molecule has 0 aromatic carbocycles. The SMILES string of the molecule is Cc1ccc(C(C)Nc2ccc(-n3cncn3)nc2)o1. The van der Waals surface area contributed by atoms with Crippen molar-refractivity contribution >= 4 is 5.69 Å². The monoisotopic (exact) mass is 269 g/mol. The van der Waals surface area contributed by atoms with E-state index in [-0.39, 0.29) is 6.04 Å². The van der Waals surface area contributed by atoms with Crippen molar-refractivity contribution in [3.05, 3.63) is 54.6 Å². The van der Waals surface area contributed by atoms with Crippen molar-refractivity contribution in [2.75, 3.05) is 5.32 Å². The van der Waals surface area contributed by atoms with Gasteiger partial charge in [0.05, 0.1) is 17.9 Å². The van der Waals surface area contributed by atoms with E-state index in [4.69, 9.17) is 4.42 Å². The van der Waals surface area contributed by atoms with Crippen LogP contribution in [0, 0.1) is 6.92 Å². The van der Waals surface area contributed by atoms with Gasteiger partial charge in [0.25, 0.3) is 0 Å². The van der Waals surface area contributed by atoms with E-state index in [0.29, 0.717) is 0 Å². The first-order valence-electron chi connectivity index (χ1n) is 6.36. The van der Waals surface area contributed by atoms with E-state index in [0.717, 1.165) is 23.0 Å². The lowest BCUT2D eigenvalue weighted by atomic mass is 10.2. The zero-order chi connectivity index (χ0) is 13.9. The fourth-order valence-corrected chi connectivity index (χ4v) is 1.94. The molecule has 0 saturated heterocycles. The van der Waals surface area contributed by atoms with Crippen LogP contribution in [0.4, 0.5) is 5.69 Å². The van der Waals surface area contributed by atoms with E-state index in [1.54, 1.807) is 17.2 Å². The number of anilines is 1. The van der Waals surface area contributed by atoms with Gasteiger partial charge in [-0.1, -0.05) is 0 Å². The highest BCUT2D eigenvalue weighted by molar-refractivity contribution is 5.44. The normalized spacial score (nSPS) is 12.3. The standard InChI is InChI=1S/C14H15N5O/c1-10-3-5-13(20-10)11(2)18-12-4-6-14(16-7-12)19-9-15-8-17-19/h3-9,11,18H,1-2H3. The van der Waals surface area contributed by atoms with Crippen molar-refractivity contribution in [2.24, 2.45) is 0 Å². The molecule has 0 fully saturated rings. The Morgan fingerprint density at radius 1 is 1.25 bits per heavy atom. The summed E-state index contributed by atoms with van der Waals surface area (Å²) < 4.78 is 7.21. The summed E-state index contributed by atoms with van der Waals surface area (Å²) in [6, 6.07) is 7.86. The van der Waals surface area contributed by atoms with Crippen molar-refractivity contribution in [3.8, 4) is 5.82 Å². The predicted molar refractivity (Wildman–Crippen MR) is 74.6 cm³/mol. The number of hydrogen-bond donors (Lipinski definition) is 1. The van der Waals surface area contributed by atoms with E-state index in [9.17, 15) is 0 Å². The van der Waals surface area contributed by atoms with Crippen LogP contribution in [0.15, 0.2) is 47.5 Å². The van der Waals surface area contributed by atoms with Crippen LogP contribution in [-0.2, 0) is 0 Å². The van der Waals surface area contributed by atoms with E-state index in [1.807, 2.05) is 38.1 Å². The maximum absolute atomic E-state index is 5.59. The van der Waals surface area contributed by atoms with Gasteiger partial charge in [0.2, 0.25) is 0 Å². The number of aromatic nitrogens is 4. The molecule has 0 aliphatic rings. The van der Waals surface area contributed by atoms with Gasteiger partial charge < -0.3 is 9.73 Å². The average molecular weight is 269 g/mol. The number of hydrogen-bond acceptors (Lipinski definition) is 5. The Morgan fingerprint density at radius 2 is 2.15 bits per heavy atom. The molecule has 102 valence electrons. The number of aryl methyl sites for hydroxylation is 1. The van der Waals surface area contributed by atoms with Gasteiger partial charge in [0, 0.05) is 0 Å². The molecule has 3 aromatic heterocycles. The largest absolute Gasteiger partial charge is 0.464 e. The summed E-state index contributed by atoms with van der Waals surface area (Å²) in [6.07, 6.45) is 4.86. The summed E-state index contributed by atoms with van der Waals surface area (Å²) in [5.74, 6) is 2.55. The van der Waals surface area contributed by atoms with Crippen LogP contribution in [-0.4, -0.2) is 19.7 Å². The lowest BCUT2D eigenvalue weighted by Gasteiger charge is -2.12. The second-order valence-corrected chi connectivity index (χ2v) is 4.56. The molecule has 0 aliphatic heterocycles. The van der Waals surface area contributed by atoms with Crippen LogP contribution in [0.5, 0.6) is 0 Å². The van der Waals surface area contributed by atoms with Crippen LogP contribution in [0.25, 0.3) is 5.82 Å². The maximum Gasteiger partial charge on any atom is 0.155 e. The summed E-state index contributed by atoms with van der Waals surface area (Å²) in [5, 5.41) is 7.38. The Balaban J connectivity index is 1.72. The summed E-state index contributed by atoms with van der Waals surface area (Å²) in [4.78, 5) is 8.24. The third kappa shape index (κ3) is 2.54. The van der Waals surface area contributed by atoms with Crippen LogP contribution in [0.3, 0.4) is 0 Å². The van der Waals surface area contributed by atoms with Crippen LogP contribution in [0.2, 0.25) is 0 Å². The van der Waals surface area contributed by atoms with E-state index >= 15 is 0 Å².